The number of carbonyl (C=O) groups is 1. The van der Waals surface area contributed by atoms with Crippen molar-refractivity contribution in [2.45, 2.75) is 13.5 Å². The maximum Gasteiger partial charge on any atom is 0.256 e. The molecule has 0 atom stereocenters. The van der Waals surface area contributed by atoms with Gasteiger partial charge in [0.25, 0.3) is 5.91 Å². The molecule has 0 radical (unpaired) electrons. The van der Waals surface area contributed by atoms with Crippen molar-refractivity contribution in [3.63, 3.8) is 0 Å². The van der Waals surface area contributed by atoms with Gasteiger partial charge in [-0.2, -0.15) is 0 Å². The van der Waals surface area contributed by atoms with Crippen LogP contribution in [0, 0.1) is 12.7 Å². The topological polar surface area (TPSA) is 58.4 Å². The molecule has 1 amide bonds. The Bertz CT molecular complexity index is 640. The van der Waals surface area contributed by atoms with E-state index in [4.69, 9.17) is 5.84 Å². The van der Waals surface area contributed by atoms with E-state index in [0.717, 1.165) is 11.1 Å². The highest BCUT2D eigenvalue weighted by atomic mass is 19.1. The summed E-state index contributed by atoms with van der Waals surface area (Å²) in [6.07, 6.45) is 0. The Balaban J connectivity index is 2.19. The molecule has 0 saturated heterocycles. The highest BCUT2D eigenvalue weighted by Crippen LogP contribution is 2.20. The zero-order chi connectivity index (χ0) is 15.4. The third kappa shape index (κ3) is 3.38. The fourth-order valence-electron chi connectivity index (χ4n) is 2.09. The number of nitrogens with zero attached hydrogens (tertiary/aromatic N) is 1. The Morgan fingerprint density at radius 1 is 1.24 bits per heavy atom. The van der Waals surface area contributed by atoms with Crippen LogP contribution in [0.15, 0.2) is 42.5 Å². The van der Waals surface area contributed by atoms with Crippen LogP contribution >= 0.6 is 0 Å². The third-order valence-corrected chi connectivity index (χ3v) is 3.28. The van der Waals surface area contributed by atoms with Crippen molar-refractivity contribution in [2.75, 3.05) is 12.5 Å². The quantitative estimate of drug-likeness (QED) is 0.671. The molecule has 2 rings (SSSR count). The second-order valence-corrected chi connectivity index (χ2v) is 4.95. The smallest absolute Gasteiger partial charge is 0.256 e. The van der Waals surface area contributed by atoms with Crippen molar-refractivity contribution >= 4 is 11.6 Å². The van der Waals surface area contributed by atoms with E-state index in [1.165, 1.54) is 17.0 Å². The molecule has 5 heteroatoms. The van der Waals surface area contributed by atoms with Gasteiger partial charge < -0.3 is 10.3 Å². The maximum atomic E-state index is 13.6. The van der Waals surface area contributed by atoms with Gasteiger partial charge in [-0.25, -0.2) is 4.39 Å². The number of benzene rings is 2. The first-order valence-electron chi connectivity index (χ1n) is 6.59. The van der Waals surface area contributed by atoms with Crippen LogP contribution in [-0.4, -0.2) is 17.9 Å². The number of hydrogen-bond acceptors (Lipinski definition) is 3. The number of halogens is 1. The molecule has 21 heavy (non-hydrogen) atoms. The number of aryl methyl sites for hydroxylation is 1. The van der Waals surface area contributed by atoms with Crippen LogP contribution in [0.3, 0.4) is 0 Å². The number of nitrogens with two attached hydrogens (primary N) is 1. The van der Waals surface area contributed by atoms with Gasteiger partial charge in [-0.3, -0.25) is 10.6 Å². The summed E-state index contributed by atoms with van der Waals surface area (Å²) in [5, 5.41) is 0. The van der Waals surface area contributed by atoms with Crippen LogP contribution in [-0.2, 0) is 6.54 Å². The molecule has 0 aliphatic heterocycles. The molecule has 0 saturated carbocycles. The molecule has 0 bridgehead atoms. The Kier molecular flexibility index (Phi) is 4.55. The Hall–Kier alpha value is -2.40. The first-order valence-corrected chi connectivity index (χ1v) is 6.59. The van der Waals surface area contributed by atoms with Crippen molar-refractivity contribution in [1.82, 2.24) is 4.90 Å². The lowest BCUT2D eigenvalue weighted by Gasteiger charge is -2.19. The van der Waals surface area contributed by atoms with Gasteiger partial charge in [-0.15, -0.1) is 0 Å². The van der Waals surface area contributed by atoms with Gasteiger partial charge >= 0.3 is 0 Å². The van der Waals surface area contributed by atoms with Crippen molar-refractivity contribution < 1.29 is 9.18 Å². The zero-order valence-electron chi connectivity index (χ0n) is 12.1. The first-order chi connectivity index (χ1) is 10.0. The van der Waals surface area contributed by atoms with E-state index >= 15 is 0 Å². The Labute approximate surface area is 123 Å². The lowest BCUT2D eigenvalue weighted by atomic mass is 10.1. The number of nitrogen functional groups attached to an aromatic ring is 1. The average molecular weight is 287 g/mol. The molecule has 0 unspecified atom stereocenters. The van der Waals surface area contributed by atoms with E-state index in [9.17, 15) is 9.18 Å². The molecule has 3 N–H and O–H groups in total. The van der Waals surface area contributed by atoms with Gasteiger partial charge in [-0.1, -0.05) is 35.9 Å². The number of amides is 1. The summed E-state index contributed by atoms with van der Waals surface area (Å²) in [5.41, 5.74) is 4.64. The normalized spacial score (nSPS) is 10.3. The van der Waals surface area contributed by atoms with E-state index in [1.807, 2.05) is 31.2 Å². The number of rotatable bonds is 4. The Morgan fingerprint density at radius 2 is 1.90 bits per heavy atom. The fraction of sp³-hybridized carbons (Fsp3) is 0.188. The SMILES string of the molecule is Cc1ccc(CN(C)C(=O)c2cccc(F)c2NN)cc1. The molecule has 0 heterocycles. The standard InChI is InChI=1S/C16H18FN3O/c1-11-6-8-12(9-7-11)10-20(2)16(21)13-4-3-5-14(17)15(13)19-18/h3-9,19H,10,18H2,1-2H3. The molecular formula is C16H18FN3O. The van der Waals surface area contributed by atoms with Crippen LogP contribution in [0.1, 0.15) is 21.5 Å². The second-order valence-electron chi connectivity index (χ2n) is 4.95. The molecule has 0 aliphatic carbocycles. The van der Waals surface area contributed by atoms with E-state index in [2.05, 4.69) is 5.43 Å². The number of hydrogen-bond donors (Lipinski definition) is 2. The van der Waals surface area contributed by atoms with Crippen LogP contribution in [0.25, 0.3) is 0 Å². The third-order valence-electron chi connectivity index (χ3n) is 3.28. The molecular weight excluding hydrogens is 269 g/mol. The predicted molar refractivity (Wildman–Crippen MR) is 81.2 cm³/mol. The summed E-state index contributed by atoms with van der Waals surface area (Å²) in [6.45, 7) is 2.45. The average Bonchev–Trinajstić information content (AvgIpc) is 2.48. The van der Waals surface area contributed by atoms with E-state index in [0.29, 0.717) is 6.54 Å². The lowest BCUT2D eigenvalue weighted by Crippen LogP contribution is -2.28. The number of anilines is 1. The number of carbonyl (C=O) groups excluding carboxylic acids is 1. The highest BCUT2D eigenvalue weighted by molar-refractivity contribution is 5.99. The predicted octanol–water partition coefficient (Wildman–Crippen LogP) is 2.69. The molecule has 2 aromatic rings. The van der Waals surface area contributed by atoms with Gasteiger partial charge in [0, 0.05) is 13.6 Å². The van der Waals surface area contributed by atoms with E-state index in [1.54, 1.807) is 13.1 Å². The van der Waals surface area contributed by atoms with E-state index < -0.39 is 5.82 Å². The zero-order valence-corrected chi connectivity index (χ0v) is 12.1. The molecule has 0 aliphatic rings. The molecule has 0 aromatic heterocycles. The van der Waals surface area contributed by atoms with Crippen molar-refractivity contribution in [1.29, 1.82) is 0 Å². The summed E-state index contributed by atoms with van der Waals surface area (Å²) in [4.78, 5) is 13.9. The summed E-state index contributed by atoms with van der Waals surface area (Å²) < 4.78 is 13.6. The lowest BCUT2D eigenvalue weighted by molar-refractivity contribution is 0.0785. The van der Waals surface area contributed by atoms with Crippen molar-refractivity contribution in [2.24, 2.45) is 5.84 Å². The van der Waals surface area contributed by atoms with Crippen LogP contribution < -0.4 is 11.3 Å². The summed E-state index contributed by atoms with van der Waals surface area (Å²) in [5.74, 6) is 4.46. The van der Waals surface area contributed by atoms with Gasteiger partial charge in [0.1, 0.15) is 5.82 Å². The number of nitrogens with one attached hydrogen (secondary N) is 1. The van der Waals surface area contributed by atoms with Gasteiger partial charge in [-0.05, 0) is 24.6 Å². The van der Waals surface area contributed by atoms with Gasteiger partial charge in [0.05, 0.1) is 11.3 Å². The fourth-order valence-corrected chi connectivity index (χ4v) is 2.09. The summed E-state index contributed by atoms with van der Waals surface area (Å²) in [7, 11) is 1.67. The van der Waals surface area contributed by atoms with Crippen LogP contribution in [0.4, 0.5) is 10.1 Å². The molecule has 4 nitrogen and oxygen atoms in total. The largest absolute Gasteiger partial charge is 0.337 e. The molecule has 0 spiro atoms. The second kappa shape index (κ2) is 6.37. The number of hydrazine groups is 1. The molecule has 110 valence electrons. The van der Waals surface area contributed by atoms with Crippen molar-refractivity contribution in [3.8, 4) is 0 Å². The summed E-state index contributed by atoms with van der Waals surface area (Å²) in [6, 6.07) is 12.2. The minimum Gasteiger partial charge on any atom is -0.337 e. The van der Waals surface area contributed by atoms with Crippen molar-refractivity contribution in [3.05, 3.63) is 65.0 Å². The van der Waals surface area contributed by atoms with E-state index in [-0.39, 0.29) is 17.2 Å². The minimum absolute atomic E-state index is 0.0123. The van der Waals surface area contributed by atoms with Gasteiger partial charge in [0.15, 0.2) is 0 Å². The molecule has 2 aromatic carbocycles. The Morgan fingerprint density at radius 3 is 2.52 bits per heavy atom. The monoisotopic (exact) mass is 287 g/mol. The number of para-hydroxylation sites is 1. The van der Waals surface area contributed by atoms with Gasteiger partial charge in [0.2, 0.25) is 0 Å². The first kappa shape index (κ1) is 15.0. The highest BCUT2D eigenvalue weighted by Gasteiger charge is 2.18. The van der Waals surface area contributed by atoms with Crippen LogP contribution in [0.2, 0.25) is 0 Å². The molecule has 0 fully saturated rings. The minimum atomic E-state index is -0.549. The maximum absolute atomic E-state index is 13.6. The van der Waals surface area contributed by atoms with Crippen LogP contribution in [0.5, 0.6) is 0 Å². The summed E-state index contributed by atoms with van der Waals surface area (Å²) >= 11 is 0.